The van der Waals surface area contributed by atoms with E-state index in [1.807, 2.05) is 36.4 Å². The Hall–Kier alpha value is -3.72. The third kappa shape index (κ3) is 3.93. The molecule has 1 N–H and O–H groups in total. The number of hydrogen-bond donors (Lipinski definition) is 1. The van der Waals surface area contributed by atoms with Gasteiger partial charge in [-0.15, -0.1) is 0 Å². The van der Waals surface area contributed by atoms with Crippen LogP contribution in [-0.2, 0) is 6.54 Å². The molecule has 6 heteroatoms. The highest BCUT2D eigenvalue weighted by Gasteiger charge is 2.12. The quantitative estimate of drug-likeness (QED) is 0.776. The Morgan fingerprint density at radius 2 is 1.78 bits per heavy atom. The van der Waals surface area contributed by atoms with Gasteiger partial charge in [-0.25, -0.2) is 4.68 Å². The Bertz CT molecular complexity index is 1080. The summed E-state index contributed by atoms with van der Waals surface area (Å²) in [7, 11) is 0. The minimum absolute atomic E-state index is 0.112. The summed E-state index contributed by atoms with van der Waals surface area (Å²) in [6, 6.07) is 18.1. The van der Waals surface area contributed by atoms with Gasteiger partial charge in [-0.2, -0.15) is 10.4 Å². The van der Waals surface area contributed by atoms with Gasteiger partial charge in [-0.1, -0.05) is 30.3 Å². The highest BCUT2D eigenvalue weighted by Crippen LogP contribution is 2.11. The van der Waals surface area contributed by atoms with Crippen molar-refractivity contribution in [3.63, 3.8) is 0 Å². The standard InChI is InChI=1S/C21H18N4O2/c1-14-15(2)24-25(21(27)19(14)12-22)13-16-8-10-17(11-9-16)20(26)23-18-6-4-3-5-7-18/h3-11H,13H2,1-2H3,(H,23,26). The monoisotopic (exact) mass is 358 g/mol. The average Bonchev–Trinajstić information content (AvgIpc) is 2.68. The molecular formula is C21H18N4O2. The van der Waals surface area contributed by atoms with Crippen LogP contribution in [0, 0.1) is 25.2 Å². The van der Waals surface area contributed by atoms with Gasteiger partial charge in [0.25, 0.3) is 11.5 Å². The largest absolute Gasteiger partial charge is 0.322 e. The van der Waals surface area contributed by atoms with Crippen molar-refractivity contribution < 1.29 is 4.79 Å². The van der Waals surface area contributed by atoms with E-state index in [0.717, 1.165) is 11.3 Å². The summed E-state index contributed by atoms with van der Waals surface area (Å²) in [5.74, 6) is -0.207. The molecule has 3 rings (SSSR count). The van der Waals surface area contributed by atoms with Crippen LogP contribution < -0.4 is 10.9 Å². The maximum absolute atomic E-state index is 12.4. The molecule has 6 nitrogen and oxygen atoms in total. The fourth-order valence-electron chi connectivity index (χ4n) is 2.67. The second kappa shape index (κ2) is 7.67. The third-order valence-corrected chi connectivity index (χ3v) is 4.33. The number of carbonyl (C=O) groups is 1. The van der Waals surface area contributed by atoms with Crippen LogP contribution in [0.3, 0.4) is 0 Å². The molecule has 1 aromatic heterocycles. The van der Waals surface area contributed by atoms with Gasteiger partial charge in [0.2, 0.25) is 0 Å². The molecule has 3 aromatic rings. The van der Waals surface area contributed by atoms with Crippen molar-refractivity contribution in [2.24, 2.45) is 0 Å². The summed E-state index contributed by atoms with van der Waals surface area (Å²) in [6.45, 7) is 3.71. The fourth-order valence-corrected chi connectivity index (χ4v) is 2.67. The molecule has 0 saturated carbocycles. The number of rotatable bonds is 4. The van der Waals surface area contributed by atoms with Crippen molar-refractivity contribution in [1.82, 2.24) is 9.78 Å². The van der Waals surface area contributed by atoms with Crippen LogP contribution in [-0.4, -0.2) is 15.7 Å². The topological polar surface area (TPSA) is 87.8 Å². The summed E-state index contributed by atoms with van der Waals surface area (Å²) in [6.07, 6.45) is 0. The minimum Gasteiger partial charge on any atom is -0.322 e. The lowest BCUT2D eigenvalue weighted by Crippen LogP contribution is -2.28. The van der Waals surface area contributed by atoms with E-state index in [0.29, 0.717) is 16.8 Å². The molecule has 0 aliphatic carbocycles. The number of hydrogen-bond acceptors (Lipinski definition) is 4. The molecule has 0 bridgehead atoms. The minimum atomic E-state index is -0.411. The van der Waals surface area contributed by atoms with Gasteiger partial charge in [0.05, 0.1) is 12.2 Å². The first-order valence-electron chi connectivity index (χ1n) is 8.43. The molecule has 27 heavy (non-hydrogen) atoms. The van der Waals surface area contributed by atoms with Crippen LogP contribution in [0.15, 0.2) is 59.4 Å². The van der Waals surface area contributed by atoms with Crippen molar-refractivity contribution in [1.29, 1.82) is 5.26 Å². The first-order valence-corrected chi connectivity index (χ1v) is 8.43. The molecule has 0 aliphatic rings. The van der Waals surface area contributed by atoms with E-state index in [-0.39, 0.29) is 18.0 Å². The van der Waals surface area contributed by atoms with E-state index in [2.05, 4.69) is 10.4 Å². The lowest BCUT2D eigenvalue weighted by Gasteiger charge is -2.10. The predicted molar refractivity (Wildman–Crippen MR) is 103 cm³/mol. The van der Waals surface area contributed by atoms with Gasteiger partial charge in [-0.05, 0) is 49.2 Å². The Labute approximate surface area is 156 Å². The van der Waals surface area contributed by atoms with E-state index < -0.39 is 5.56 Å². The van der Waals surface area contributed by atoms with Crippen LogP contribution in [0.5, 0.6) is 0 Å². The van der Waals surface area contributed by atoms with Gasteiger partial charge in [0, 0.05) is 11.3 Å². The second-order valence-corrected chi connectivity index (χ2v) is 6.18. The van der Waals surface area contributed by atoms with Crippen molar-refractivity contribution in [2.75, 3.05) is 5.32 Å². The lowest BCUT2D eigenvalue weighted by atomic mass is 10.1. The molecule has 0 saturated heterocycles. The van der Waals surface area contributed by atoms with E-state index in [9.17, 15) is 14.9 Å². The van der Waals surface area contributed by atoms with E-state index in [4.69, 9.17) is 0 Å². The van der Waals surface area contributed by atoms with Crippen LogP contribution in [0.2, 0.25) is 0 Å². The average molecular weight is 358 g/mol. The van der Waals surface area contributed by atoms with Gasteiger partial charge >= 0.3 is 0 Å². The van der Waals surface area contributed by atoms with Gasteiger partial charge in [-0.3, -0.25) is 9.59 Å². The predicted octanol–water partition coefficient (Wildman–Crippen LogP) is 3.03. The summed E-state index contributed by atoms with van der Waals surface area (Å²) in [4.78, 5) is 24.7. The first-order chi connectivity index (χ1) is 13.0. The maximum atomic E-state index is 12.4. The highest BCUT2D eigenvalue weighted by atomic mass is 16.1. The smallest absolute Gasteiger partial charge is 0.285 e. The second-order valence-electron chi connectivity index (χ2n) is 6.18. The SMILES string of the molecule is Cc1nn(Cc2ccc(C(=O)Nc3ccccc3)cc2)c(=O)c(C#N)c1C. The maximum Gasteiger partial charge on any atom is 0.285 e. The first kappa shape index (κ1) is 18.1. The zero-order valence-electron chi connectivity index (χ0n) is 15.1. The van der Waals surface area contributed by atoms with E-state index in [1.54, 1.807) is 38.1 Å². The molecule has 2 aromatic carbocycles. The number of aryl methyl sites for hydroxylation is 1. The molecule has 1 amide bonds. The molecule has 1 heterocycles. The van der Waals surface area contributed by atoms with Crippen molar-refractivity contribution in [3.8, 4) is 6.07 Å². The van der Waals surface area contributed by atoms with Gasteiger partial charge < -0.3 is 5.32 Å². The molecule has 0 unspecified atom stereocenters. The van der Waals surface area contributed by atoms with Crippen molar-refractivity contribution in [3.05, 3.63) is 92.9 Å². The molecule has 134 valence electrons. The Morgan fingerprint density at radius 3 is 2.41 bits per heavy atom. The zero-order valence-corrected chi connectivity index (χ0v) is 15.1. The molecular weight excluding hydrogens is 340 g/mol. The number of amides is 1. The van der Waals surface area contributed by atoms with Crippen LogP contribution in [0.25, 0.3) is 0 Å². The van der Waals surface area contributed by atoms with E-state index >= 15 is 0 Å². The molecule has 0 fully saturated rings. The molecule has 0 atom stereocenters. The van der Waals surface area contributed by atoms with Gasteiger partial charge in [0.15, 0.2) is 0 Å². The number of benzene rings is 2. The van der Waals surface area contributed by atoms with Crippen molar-refractivity contribution >= 4 is 11.6 Å². The third-order valence-electron chi connectivity index (χ3n) is 4.33. The Kier molecular flexibility index (Phi) is 5.13. The van der Waals surface area contributed by atoms with E-state index in [1.165, 1.54) is 4.68 Å². The summed E-state index contributed by atoms with van der Waals surface area (Å²) in [5, 5.41) is 16.3. The summed E-state index contributed by atoms with van der Waals surface area (Å²) >= 11 is 0. The van der Waals surface area contributed by atoms with Crippen molar-refractivity contribution in [2.45, 2.75) is 20.4 Å². The molecule has 0 spiro atoms. The number of carbonyl (C=O) groups excluding carboxylic acids is 1. The lowest BCUT2D eigenvalue weighted by molar-refractivity contribution is 0.102. The number of para-hydroxylation sites is 1. The zero-order chi connectivity index (χ0) is 19.4. The van der Waals surface area contributed by atoms with Gasteiger partial charge in [0.1, 0.15) is 11.6 Å². The summed E-state index contributed by atoms with van der Waals surface area (Å²) < 4.78 is 1.28. The summed E-state index contributed by atoms with van der Waals surface area (Å²) in [5.41, 5.74) is 3.00. The number of anilines is 1. The normalized spacial score (nSPS) is 10.3. The van der Waals surface area contributed by atoms with Crippen LogP contribution in [0.1, 0.15) is 32.7 Å². The Balaban J connectivity index is 1.79. The number of nitrogens with one attached hydrogen (secondary N) is 1. The molecule has 0 radical (unpaired) electrons. The number of nitriles is 1. The van der Waals surface area contributed by atoms with Crippen LogP contribution in [0.4, 0.5) is 5.69 Å². The Morgan fingerprint density at radius 1 is 1.11 bits per heavy atom. The van der Waals surface area contributed by atoms with Crippen LogP contribution >= 0.6 is 0 Å². The number of nitrogens with zero attached hydrogens (tertiary/aromatic N) is 3. The fraction of sp³-hybridized carbons (Fsp3) is 0.143. The number of aromatic nitrogens is 2. The molecule has 0 aliphatic heterocycles. The highest BCUT2D eigenvalue weighted by molar-refractivity contribution is 6.04.